The third-order valence-corrected chi connectivity index (χ3v) is 3.77. The van der Waals surface area contributed by atoms with Gasteiger partial charge in [0, 0.05) is 31.6 Å². The van der Waals surface area contributed by atoms with E-state index >= 15 is 0 Å². The highest BCUT2D eigenvalue weighted by molar-refractivity contribution is 5.95. The molecule has 21 heavy (non-hydrogen) atoms. The fourth-order valence-electron chi connectivity index (χ4n) is 2.46. The van der Waals surface area contributed by atoms with Gasteiger partial charge >= 0.3 is 0 Å². The predicted octanol–water partition coefficient (Wildman–Crippen LogP) is 1.02. The monoisotopic (exact) mass is 291 g/mol. The van der Waals surface area contributed by atoms with E-state index in [1.807, 2.05) is 0 Å². The molecule has 1 fully saturated rings. The van der Waals surface area contributed by atoms with Gasteiger partial charge in [-0.05, 0) is 31.0 Å². The minimum Gasteiger partial charge on any atom is -0.495 e. The van der Waals surface area contributed by atoms with Gasteiger partial charge in [0.1, 0.15) is 5.75 Å². The summed E-state index contributed by atoms with van der Waals surface area (Å²) in [4.78, 5) is 25.3. The van der Waals surface area contributed by atoms with Crippen LogP contribution in [0.15, 0.2) is 18.2 Å². The number of likely N-dealkylation sites (tertiary alicyclic amines) is 1. The van der Waals surface area contributed by atoms with Gasteiger partial charge < -0.3 is 20.7 Å². The molecule has 0 saturated carbocycles. The first kappa shape index (κ1) is 15.2. The van der Waals surface area contributed by atoms with Crippen molar-refractivity contribution in [2.24, 2.45) is 0 Å². The Bertz CT molecular complexity index is 537. The largest absolute Gasteiger partial charge is 0.495 e. The Hall–Kier alpha value is -2.24. The summed E-state index contributed by atoms with van der Waals surface area (Å²) in [6, 6.07) is 5.07. The first-order valence-electron chi connectivity index (χ1n) is 7.01. The van der Waals surface area contributed by atoms with E-state index in [1.54, 1.807) is 30.0 Å². The summed E-state index contributed by atoms with van der Waals surface area (Å²) in [6.45, 7) is 2.94. The maximum absolute atomic E-state index is 12.2. The number of methoxy groups -OCH3 is 1. The van der Waals surface area contributed by atoms with Crippen molar-refractivity contribution in [3.8, 4) is 5.75 Å². The van der Waals surface area contributed by atoms with Crippen LogP contribution in [-0.4, -0.2) is 43.0 Å². The van der Waals surface area contributed by atoms with Crippen LogP contribution < -0.4 is 15.8 Å². The Kier molecular flexibility index (Phi) is 4.67. The van der Waals surface area contributed by atoms with Crippen molar-refractivity contribution < 1.29 is 14.3 Å². The van der Waals surface area contributed by atoms with Crippen LogP contribution in [0, 0.1) is 0 Å². The number of amides is 2. The zero-order valence-corrected chi connectivity index (χ0v) is 12.4. The molecule has 6 heteroatoms. The number of hydrogen-bond acceptors (Lipinski definition) is 4. The molecule has 0 aromatic heterocycles. The number of ether oxygens (including phenoxy) is 1. The van der Waals surface area contributed by atoms with Gasteiger partial charge in [-0.3, -0.25) is 9.59 Å². The van der Waals surface area contributed by atoms with Gasteiger partial charge in [0.25, 0.3) is 5.91 Å². The lowest BCUT2D eigenvalue weighted by atomic mass is 10.0. The van der Waals surface area contributed by atoms with E-state index in [0.717, 1.165) is 12.8 Å². The van der Waals surface area contributed by atoms with E-state index in [4.69, 9.17) is 10.5 Å². The smallest absolute Gasteiger partial charge is 0.251 e. The molecule has 0 atom stereocenters. The second kappa shape index (κ2) is 6.47. The number of hydrogen-bond donors (Lipinski definition) is 2. The zero-order chi connectivity index (χ0) is 15.4. The lowest BCUT2D eigenvalue weighted by Gasteiger charge is -2.31. The van der Waals surface area contributed by atoms with Crippen LogP contribution >= 0.6 is 0 Å². The van der Waals surface area contributed by atoms with Crippen LogP contribution in [0.4, 0.5) is 5.69 Å². The summed E-state index contributed by atoms with van der Waals surface area (Å²) in [7, 11) is 1.52. The molecular formula is C15H21N3O3. The maximum Gasteiger partial charge on any atom is 0.251 e. The Morgan fingerprint density at radius 3 is 2.57 bits per heavy atom. The molecule has 3 N–H and O–H groups in total. The molecule has 1 aromatic rings. The lowest BCUT2D eigenvalue weighted by Crippen LogP contribution is -2.46. The van der Waals surface area contributed by atoms with Crippen LogP contribution in [0.3, 0.4) is 0 Å². The Morgan fingerprint density at radius 1 is 1.33 bits per heavy atom. The van der Waals surface area contributed by atoms with Crippen LogP contribution in [0.2, 0.25) is 0 Å². The van der Waals surface area contributed by atoms with Crippen molar-refractivity contribution in [3.05, 3.63) is 23.8 Å². The van der Waals surface area contributed by atoms with Crippen LogP contribution in [0.25, 0.3) is 0 Å². The van der Waals surface area contributed by atoms with Gasteiger partial charge in [-0.25, -0.2) is 0 Å². The maximum atomic E-state index is 12.2. The number of nitrogens with zero attached hydrogens (tertiary/aromatic N) is 1. The molecule has 1 saturated heterocycles. The minimum atomic E-state index is -0.144. The van der Waals surface area contributed by atoms with Crippen molar-refractivity contribution in [2.75, 3.05) is 25.9 Å². The number of piperidine rings is 1. The van der Waals surface area contributed by atoms with Gasteiger partial charge in [0.05, 0.1) is 12.8 Å². The number of rotatable bonds is 3. The molecule has 6 nitrogen and oxygen atoms in total. The normalized spacial score (nSPS) is 15.6. The lowest BCUT2D eigenvalue weighted by molar-refractivity contribution is -0.129. The first-order valence-corrected chi connectivity index (χ1v) is 7.01. The van der Waals surface area contributed by atoms with E-state index < -0.39 is 0 Å². The van der Waals surface area contributed by atoms with Gasteiger partial charge in [0.2, 0.25) is 5.91 Å². The number of benzene rings is 1. The van der Waals surface area contributed by atoms with Crippen LogP contribution in [0.5, 0.6) is 5.75 Å². The van der Waals surface area contributed by atoms with Gasteiger partial charge in [-0.15, -0.1) is 0 Å². The number of nitrogen functional groups attached to an aromatic ring is 1. The first-order chi connectivity index (χ1) is 10.0. The van der Waals surface area contributed by atoms with Crippen LogP contribution in [-0.2, 0) is 4.79 Å². The van der Waals surface area contributed by atoms with E-state index in [2.05, 4.69) is 5.32 Å². The molecule has 1 aromatic carbocycles. The van der Waals surface area contributed by atoms with Crippen LogP contribution in [0.1, 0.15) is 30.1 Å². The average Bonchev–Trinajstić information content (AvgIpc) is 2.48. The van der Waals surface area contributed by atoms with E-state index in [0.29, 0.717) is 30.1 Å². The van der Waals surface area contributed by atoms with E-state index in [-0.39, 0.29) is 17.9 Å². The van der Waals surface area contributed by atoms with Crippen molar-refractivity contribution in [1.82, 2.24) is 10.2 Å². The predicted molar refractivity (Wildman–Crippen MR) is 80.1 cm³/mol. The zero-order valence-electron chi connectivity index (χ0n) is 12.4. The molecule has 1 heterocycles. The van der Waals surface area contributed by atoms with Gasteiger partial charge in [-0.2, -0.15) is 0 Å². The molecule has 0 aliphatic carbocycles. The molecule has 0 unspecified atom stereocenters. The standard InChI is InChI=1S/C15H21N3O3/c1-10(19)18-7-5-12(6-8-18)17-15(20)11-3-4-13(16)14(9-11)21-2/h3-4,9,12H,5-8,16H2,1-2H3,(H,17,20). The highest BCUT2D eigenvalue weighted by Gasteiger charge is 2.22. The molecule has 1 aliphatic rings. The summed E-state index contributed by atoms with van der Waals surface area (Å²) in [6.07, 6.45) is 1.55. The summed E-state index contributed by atoms with van der Waals surface area (Å²) in [5, 5.41) is 2.99. The summed E-state index contributed by atoms with van der Waals surface area (Å²) in [5.41, 5.74) is 6.76. The molecule has 0 bridgehead atoms. The fraction of sp³-hybridized carbons (Fsp3) is 0.467. The minimum absolute atomic E-state index is 0.0862. The number of nitrogens with one attached hydrogen (secondary N) is 1. The van der Waals surface area contributed by atoms with Crippen molar-refractivity contribution in [2.45, 2.75) is 25.8 Å². The summed E-state index contributed by atoms with van der Waals surface area (Å²) < 4.78 is 5.12. The number of anilines is 1. The molecule has 0 radical (unpaired) electrons. The number of nitrogens with two attached hydrogens (primary N) is 1. The third kappa shape index (κ3) is 3.65. The van der Waals surface area contributed by atoms with Gasteiger partial charge in [0.15, 0.2) is 0 Å². The SMILES string of the molecule is COc1cc(C(=O)NC2CCN(C(C)=O)CC2)ccc1N. The topological polar surface area (TPSA) is 84.7 Å². The molecule has 2 amide bonds. The third-order valence-electron chi connectivity index (χ3n) is 3.77. The van der Waals surface area contributed by atoms with Crippen molar-refractivity contribution in [1.29, 1.82) is 0 Å². The Morgan fingerprint density at radius 2 is 2.00 bits per heavy atom. The number of carbonyl (C=O) groups is 2. The fourth-order valence-corrected chi connectivity index (χ4v) is 2.46. The molecule has 0 spiro atoms. The van der Waals surface area contributed by atoms with Crippen molar-refractivity contribution in [3.63, 3.8) is 0 Å². The van der Waals surface area contributed by atoms with Crippen molar-refractivity contribution >= 4 is 17.5 Å². The molecule has 114 valence electrons. The second-order valence-electron chi connectivity index (χ2n) is 5.21. The molecule has 1 aliphatic heterocycles. The molecular weight excluding hydrogens is 270 g/mol. The van der Waals surface area contributed by atoms with E-state index in [1.165, 1.54) is 7.11 Å². The highest BCUT2D eigenvalue weighted by Crippen LogP contribution is 2.22. The Balaban J connectivity index is 1.95. The quantitative estimate of drug-likeness (QED) is 0.814. The summed E-state index contributed by atoms with van der Waals surface area (Å²) >= 11 is 0. The number of carbonyl (C=O) groups excluding carboxylic acids is 2. The van der Waals surface area contributed by atoms with Gasteiger partial charge in [-0.1, -0.05) is 0 Å². The molecule has 2 rings (SSSR count). The highest BCUT2D eigenvalue weighted by atomic mass is 16.5. The summed E-state index contributed by atoms with van der Waals surface area (Å²) in [5.74, 6) is 0.437. The average molecular weight is 291 g/mol. The second-order valence-corrected chi connectivity index (χ2v) is 5.21. The Labute approximate surface area is 124 Å². The van der Waals surface area contributed by atoms with E-state index in [9.17, 15) is 9.59 Å².